The van der Waals surface area contributed by atoms with Crippen molar-refractivity contribution in [3.63, 3.8) is 0 Å². The molecule has 0 saturated heterocycles. The van der Waals surface area contributed by atoms with Gasteiger partial charge < -0.3 is 0 Å². The standard InChI is InChI=1S/C5H4F4/c6-4(7)3-1-2-5(3,8)9/h1-2H2. The molecule has 0 radical (unpaired) electrons. The predicted molar refractivity (Wildman–Crippen MR) is 23.4 cm³/mol. The highest BCUT2D eigenvalue weighted by Gasteiger charge is 2.46. The van der Waals surface area contributed by atoms with Crippen LogP contribution in [0.4, 0.5) is 17.6 Å². The summed E-state index contributed by atoms with van der Waals surface area (Å²) in [7, 11) is 0. The Kier molecular flexibility index (Phi) is 1.26. The molecule has 1 aliphatic rings. The maximum Gasteiger partial charge on any atom is 0.275 e. The minimum Gasteiger partial charge on any atom is -0.202 e. The van der Waals surface area contributed by atoms with Crippen molar-refractivity contribution >= 4 is 0 Å². The molecule has 1 fully saturated rings. The third-order valence-electron chi connectivity index (χ3n) is 1.36. The fraction of sp³-hybridized carbons (Fsp3) is 0.600. The second-order valence-electron chi connectivity index (χ2n) is 1.94. The zero-order valence-electron chi connectivity index (χ0n) is 4.43. The first-order chi connectivity index (χ1) is 4.04. The van der Waals surface area contributed by atoms with E-state index >= 15 is 0 Å². The average Bonchev–Trinajstić information content (AvgIpc) is 1.62. The number of allylic oxidation sites excluding steroid dienone is 1. The molecule has 0 aromatic heterocycles. The third kappa shape index (κ3) is 0.930. The number of hydrogen-bond acceptors (Lipinski definition) is 0. The van der Waals surface area contributed by atoms with Gasteiger partial charge in [0, 0.05) is 6.42 Å². The van der Waals surface area contributed by atoms with E-state index in [0.29, 0.717) is 0 Å². The topological polar surface area (TPSA) is 0 Å². The van der Waals surface area contributed by atoms with Crippen LogP contribution in [0.1, 0.15) is 12.8 Å². The molecule has 0 aromatic carbocycles. The Morgan fingerprint density at radius 2 is 1.89 bits per heavy atom. The monoisotopic (exact) mass is 140 g/mol. The van der Waals surface area contributed by atoms with Crippen LogP contribution in [0.25, 0.3) is 0 Å². The van der Waals surface area contributed by atoms with Crippen molar-refractivity contribution in [2.24, 2.45) is 0 Å². The van der Waals surface area contributed by atoms with Crippen molar-refractivity contribution in [2.75, 3.05) is 0 Å². The van der Waals surface area contributed by atoms with Gasteiger partial charge in [0.2, 0.25) is 0 Å². The van der Waals surface area contributed by atoms with Crippen LogP contribution in [0.2, 0.25) is 0 Å². The Hall–Kier alpha value is -0.540. The Balaban J connectivity index is 2.77. The number of halogens is 4. The maximum atomic E-state index is 11.9. The van der Waals surface area contributed by atoms with Gasteiger partial charge >= 0.3 is 0 Å². The lowest BCUT2D eigenvalue weighted by atomic mass is 9.88. The lowest BCUT2D eigenvalue weighted by Gasteiger charge is -2.27. The molecule has 52 valence electrons. The average molecular weight is 140 g/mol. The van der Waals surface area contributed by atoms with Gasteiger partial charge in [0.05, 0.1) is 5.57 Å². The quantitative estimate of drug-likeness (QED) is 0.453. The SMILES string of the molecule is FC(F)=C1CCC1(F)F. The van der Waals surface area contributed by atoms with E-state index in [0.717, 1.165) is 0 Å². The first-order valence-corrected chi connectivity index (χ1v) is 2.46. The summed E-state index contributed by atoms with van der Waals surface area (Å²) < 4.78 is 46.6. The molecule has 9 heavy (non-hydrogen) atoms. The van der Waals surface area contributed by atoms with Gasteiger partial charge in [-0.1, -0.05) is 0 Å². The maximum absolute atomic E-state index is 11.9. The Morgan fingerprint density at radius 1 is 1.33 bits per heavy atom. The van der Waals surface area contributed by atoms with Crippen LogP contribution in [-0.4, -0.2) is 5.92 Å². The zero-order chi connectivity index (χ0) is 7.07. The minimum absolute atomic E-state index is 0.157. The molecule has 0 N–H and O–H groups in total. The molecule has 0 unspecified atom stereocenters. The molecule has 0 heterocycles. The fourth-order valence-corrected chi connectivity index (χ4v) is 0.672. The highest BCUT2D eigenvalue weighted by Crippen LogP contribution is 2.44. The lowest BCUT2D eigenvalue weighted by Crippen LogP contribution is -2.30. The van der Waals surface area contributed by atoms with Crippen molar-refractivity contribution < 1.29 is 17.6 Å². The minimum atomic E-state index is -3.21. The Labute approximate surface area is 49.2 Å². The largest absolute Gasteiger partial charge is 0.275 e. The molecular formula is C5H4F4. The van der Waals surface area contributed by atoms with Crippen molar-refractivity contribution in [3.8, 4) is 0 Å². The molecule has 0 bridgehead atoms. The molecule has 0 amide bonds. The van der Waals surface area contributed by atoms with E-state index in [9.17, 15) is 17.6 Å². The highest BCUT2D eigenvalue weighted by molar-refractivity contribution is 5.21. The van der Waals surface area contributed by atoms with Crippen LogP contribution in [0.3, 0.4) is 0 Å². The van der Waals surface area contributed by atoms with Gasteiger partial charge in [-0.15, -0.1) is 0 Å². The summed E-state index contributed by atoms with van der Waals surface area (Å²) in [6.07, 6.45) is -2.80. The molecule has 4 heteroatoms. The number of rotatable bonds is 0. The summed E-state index contributed by atoms with van der Waals surface area (Å²) in [5.74, 6) is -3.21. The summed E-state index contributed by atoms with van der Waals surface area (Å²) in [5, 5.41) is 0. The first-order valence-electron chi connectivity index (χ1n) is 2.46. The smallest absolute Gasteiger partial charge is 0.202 e. The van der Waals surface area contributed by atoms with Gasteiger partial charge in [-0.05, 0) is 6.42 Å². The van der Waals surface area contributed by atoms with Gasteiger partial charge in [-0.25, -0.2) is 8.78 Å². The van der Waals surface area contributed by atoms with Gasteiger partial charge in [-0.2, -0.15) is 8.78 Å². The number of hydrogen-bond donors (Lipinski definition) is 0. The van der Waals surface area contributed by atoms with Gasteiger partial charge in [0.15, 0.2) is 0 Å². The molecule has 1 rings (SSSR count). The fourth-order valence-electron chi connectivity index (χ4n) is 0.672. The summed E-state index contributed by atoms with van der Waals surface area (Å²) >= 11 is 0. The summed E-state index contributed by atoms with van der Waals surface area (Å²) in [6, 6.07) is 0. The third-order valence-corrected chi connectivity index (χ3v) is 1.36. The van der Waals surface area contributed by atoms with E-state index in [1.807, 2.05) is 0 Å². The van der Waals surface area contributed by atoms with Gasteiger partial charge in [0.1, 0.15) is 0 Å². The second-order valence-corrected chi connectivity index (χ2v) is 1.94. The molecule has 0 nitrogen and oxygen atoms in total. The van der Waals surface area contributed by atoms with E-state index in [1.165, 1.54) is 0 Å². The summed E-state index contributed by atoms with van der Waals surface area (Å²) in [4.78, 5) is 0. The molecule has 1 aliphatic carbocycles. The van der Waals surface area contributed by atoms with Crippen molar-refractivity contribution in [3.05, 3.63) is 11.7 Å². The van der Waals surface area contributed by atoms with E-state index in [4.69, 9.17) is 0 Å². The van der Waals surface area contributed by atoms with Crippen LogP contribution in [0.15, 0.2) is 11.7 Å². The van der Waals surface area contributed by atoms with Crippen LogP contribution in [-0.2, 0) is 0 Å². The molecular weight excluding hydrogens is 136 g/mol. The van der Waals surface area contributed by atoms with E-state index in [1.54, 1.807) is 0 Å². The molecule has 0 spiro atoms. The van der Waals surface area contributed by atoms with Crippen LogP contribution in [0, 0.1) is 0 Å². The molecule has 0 atom stereocenters. The van der Waals surface area contributed by atoms with E-state index < -0.39 is 24.0 Å². The molecule has 0 aliphatic heterocycles. The molecule has 0 aromatic rings. The van der Waals surface area contributed by atoms with Gasteiger partial charge in [-0.3, -0.25) is 0 Å². The number of alkyl halides is 2. The summed E-state index contributed by atoms with van der Waals surface area (Å²) in [5.41, 5.74) is -0.984. The van der Waals surface area contributed by atoms with E-state index in [2.05, 4.69) is 0 Å². The van der Waals surface area contributed by atoms with Crippen molar-refractivity contribution in [1.29, 1.82) is 0 Å². The van der Waals surface area contributed by atoms with Crippen LogP contribution >= 0.6 is 0 Å². The predicted octanol–water partition coefficient (Wildman–Crippen LogP) is 2.57. The first kappa shape index (κ1) is 6.58. The van der Waals surface area contributed by atoms with Crippen LogP contribution < -0.4 is 0 Å². The zero-order valence-corrected chi connectivity index (χ0v) is 4.43. The Bertz CT molecular complexity index is 154. The lowest BCUT2D eigenvalue weighted by molar-refractivity contribution is -0.0180. The normalized spacial score (nSPS) is 23.3. The van der Waals surface area contributed by atoms with Crippen LogP contribution in [0.5, 0.6) is 0 Å². The van der Waals surface area contributed by atoms with Crippen molar-refractivity contribution in [2.45, 2.75) is 18.8 Å². The van der Waals surface area contributed by atoms with E-state index in [-0.39, 0.29) is 6.42 Å². The summed E-state index contributed by atoms with van der Waals surface area (Å²) in [6.45, 7) is 0. The van der Waals surface area contributed by atoms with Crippen molar-refractivity contribution in [1.82, 2.24) is 0 Å². The Morgan fingerprint density at radius 3 is 1.89 bits per heavy atom. The molecule has 1 saturated carbocycles. The highest BCUT2D eigenvalue weighted by atomic mass is 19.3. The van der Waals surface area contributed by atoms with Gasteiger partial charge in [0.25, 0.3) is 12.0 Å². The second kappa shape index (κ2) is 1.72.